The number of unbranched alkanes of at least 4 members (excludes halogenated alkanes) is 20. The van der Waals surface area contributed by atoms with Crippen molar-refractivity contribution in [3.8, 4) is 0 Å². The normalized spacial score (nSPS) is 12.5. The molecule has 0 fully saturated rings. The maximum atomic E-state index is 12.9. The number of ether oxygens (including phenoxy) is 2. The first-order chi connectivity index (χ1) is 27.0. The molecule has 8 nitrogen and oxygen atoms in total. The van der Waals surface area contributed by atoms with Crippen LogP contribution in [-0.4, -0.2) is 111 Å². The molecular weight excluding hydrogens is 687 g/mol. The van der Waals surface area contributed by atoms with Gasteiger partial charge < -0.3 is 24.3 Å². The first kappa shape index (κ1) is 54.2. The molecule has 0 saturated carbocycles. The van der Waals surface area contributed by atoms with E-state index in [0.29, 0.717) is 25.7 Å². The van der Waals surface area contributed by atoms with Gasteiger partial charge in [-0.2, -0.15) is 0 Å². The third-order valence-corrected chi connectivity index (χ3v) is 11.1. The number of rotatable bonds is 46. The van der Waals surface area contributed by atoms with Crippen LogP contribution >= 0.6 is 0 Å². The number of aliphatic hydroxyl groups excluding tert-OH is 1. The highest BCUT2D eigenvalue weighted by Gasteiger charge is 2.15. The van der Waals surface area contributed by atoms with Gasteiger partial charge in [-0.05, 0) is 77.9 Å². The van der Waals surface area contributed by atoms with Gasteiger partial charge in [0.05, 0.1) is 26.4 Å². The van der Waals surface area contributed by atoms with Gasteiger partial charge in [-0.15, -0.1) is 5.06 Å². The zero-order valence-electron chi connectivity index (χ0n) is 37.8. The van der Waals surface area contributed by atoms with Crippen LogP contribution in [0.15, 0.2) is 0 Å². The largest absolute Gasteiger partial charge is 0.394 e. The molecule has 0 spiro atoms. The molecule has 0 aromatic heterocycles. The van der Waals surface area contributed by atoms with Crippen molar-refractivity contribution in [2.75, 3.05) is 78.8 Å². The summed E-state index contributed by atoms with van der Waals surface area (Å²) in [6.45, 7) is 21.4. The van der Waals surface area contributed by atoms with E-state index in [4.69, 9.17) is 19.4 Å². The molecule has 0 aromatic carbocycles. The minimum absolute atomic E-state index is 0.0642. The Balaban J connectivity index is 4.50. The highest BCUT2D eigenvalue weighted by Crippen LogP contribution is 2.14. The highest BCUT2D eigenvalue weighted by molar-refractivity contribution is 5.68. The molecule has 0 aromatic rings. The van der Waals surface area contributed by atoms with Gasteiger partial charge in [0.1, 0.15) is 0 Å². The number of hydroxylamine groups is 2. The van der Waals surface area contributed by atoms with Crippen molar-refractivity contribution in [3.63, 3.8) is 0 Å². The fourth-order valence-corrected chi connectivity index (χ4v) is 7.35. The van der Waals surface area contributed by atoms with Crippen molar-refractivity contribution >= 4 is 5.97 Å². The lowest BCUT2D eigenvalue weighted by Gasteiger charge is -2.29. The summed E-state index contributed by atoms with van der Waals surface area (Å²) >= 11 is 0. The zero-order chi connectivity index (χ0) is 40.3. The Morgan fingerprint density at radius 3 is 1.51 bits per heavy atom. The lowest BCUT2D eigenvalue weighted by Crippen LogP contribution is -2.37. The van der Waals surface area contributed by atoms with E-state index in [0.717, 1.165) is 84.5 Å². The lowest BCUT2D eigenvalue weighted by molar-refractivity contribution is -0.191. The smallest absolute Gasteiger partial charge is 0.325 e. The van der Waals surface area contributed by atoms with Crippen molar-refractivity contribution in [2.45, 2.75) is 220 Å². The molecule has 1 N–H and O–H groups in total. The van der Waals surface area contributed by atoms with Crippen LogP contribution in [0.3, 0.4) is 0 Å². The average Bonchev–Trinajstić information content (AvgIpc) is 3.18. The molecule has 8 heteroatoms. The molecule has 0 aliphatic rings. The second kappa shape index (κ2) is 44.3. The topological polar surface area (TPSA) is 74.7 Å². The van der Waals surface area contributed by atoms with Crippen molar-refractivity contribution in [2.24, 2.45) is 0 Å². The van der Waals surface area contributed by atoms with E-state index < -0.39 is 0 Å². The van der Waals surface area contributed by atoms with Crippen LogP contribution < -0.4 is 0 Å². The van der Waals surface area contributed by atoms with Gasteiger partial charge in [-0.25, -0.2) is 0 Å². The van der Waals surface area contributed by atoms with E-state index in [1.165, 1.54) is 148 Å². The molecule has 0 heterocycles. The second-order valence-electron chi connectivity index (χ2n) is 16.4. The van der Waals surface area contributed by atoms with Crippen molar-refractivity contribution < 1.29 is 24.2 Å². The highest BCUT2D eigenvalue weighted by atomic mass is 16.7. The molecule has 55 heavy (non-hydrogen) atoms. The van der Waals surface area contributed by atoms with Crippen LogP contribution in [0, 0.1) is 0 Å². The minimum atomic E-state index is -0.0642. The summed E-state index contributed by atoms with van der Waals surface area (Å²) in [7, 11) is 0. The molecular formula is C47H97N3O5. The Hall–Kier alpha value is -0.770. The molecule has 1 unspecified atom stereocenters. The van der Waals surface area contributed by atoms with Gasteiger partial charge in [-0.3, -0.25) is 9.69 Å². The van der Waals surface area contributed by atoms with Gasteiger partial charge in [0.15, 0.2) is 0 Å². The Morgan fingerprint density at radius 1 is 0.473 bits per heavy atom. The minimum Gasteiger partial charge on any atom is -0.394 e. The number of carbonyl (C=O) groups is 1. The van der Waals surface area contributed by atoms with Crippen LogP contribution in [0.1, 0.15) is 214 Å². The van der Waals surface area contributed by atoms with Crippen LogP contribution in [-0.2, 0) is 19.1 Å². The van der Waals surface area contributed by atoms with Crippen molar-refractivity contribution in [1.29, 1.82) is 0 Å². The van der Waals surface area contributed by atoms with E-state index >= 15 is 0 Å². The Morgan fingerprint density at radius 2 is 0.927 bits per heavy atom. The first-order valence-corrected chi connectivity index (χ1v) is 24.2. The number of nitrogens with zero attached hydrogens (tertiary/aromatic N) is 3. The number of aliphatic hydroxyl groups is 1. The SMILES string of the molecule is CCCCCCCCN(CCCCCCCC)OC(=O)CCCCCN(CCOCCO)C(C)CCCCCOCCN(CCCCCC)CCCCCC. The quantitative estimate of drug-likeness (QED) is 0.0483. The summed E-state index contributed by atoms with van der Waals surface area (Å²) < 4.78 is 11.8. The molecule has 0 bridgehead atoms. The summed E-state index contributed by atoms with van der Waals surface area (Å²) in [5, 5.41) is 11.1. The van der Waals surface area contributed by atoms with E-state index in [9.17, 15) is 4.79 Å². The van der Waals surface area contributed by atoms with Gasteiger partial charge in [0, 0.05) is 45.2 Å². The van der Waals surface area contributed by atoms with E-state index in [1.54, 1.807) is 0 Å². The molecule has 0 saturated heterocycles. The third-order valence-electron chi connectivity index (χ3n) is 11.1. The monoisotopic (exact) mass is 784 g/mol. The number of hydrogen-bond acceptors (Lipinski definition) is 8. The average molecular weight is 784 g/mol. The van der Waals surface area contributed by atoms with Crippen LogP contribution in [0.4, 0.5) is 0 Å². The summed E-state index contributed by atoms with van der Waals surface area (Å²) in [5.41, 5.74) is 0. The molecule has 0 radical (unpaired) electrons. The predicted octanol–water partition coefficient (Wildman–Crippen LogP) is 11.8. The van der Waals surface area contributed by atoms with Crippen molar-refractivity contribution in [3.05, 3.63) is 0 Å². The molecule has 0 rings (SSSR count). The predicted molar refractivity (Wildman–Crippen MR) is 236 cm³/mol. The van der Waals surface area contributed by atoms with Gasteiger partial charge in [0.2, 0.25) is 0 Å². The molecule has 0 aliphatic heterocycles. The van der Waals surface area contributed by atoms with E-state index in [2.05, 4.69) is 44.4 Å². The molecule has 1 atom stereocenters. The summed E-state index contributed by atoms with van der Waals surface area (Å²) in [5.74, 6) is -0.0642. The van der Waals surface area contributed by atoms with Crippen molar-refractivity contribution in [1.82, 2.24) is 14.9 Å². The Labute approximate surface area is 343 Å². The molecule has 0 aliphatic carbocycles. The fourth-order valence-electron chi connectivity index (χ4n) is 7.35. The van der Waals surface area contributed by atoms with E-state index in [1.807, 2.05) is 5.06 Å². The molecule has 0 amide bonds. The van der Waals surface area contributed by atoms with Crippen LogP contribution in [0.2, 0.25) is 0 Å². The number of hydrogen-bond donors (Lipinski definition) is 1. The summed E-state index contributed by atoms with van der Waals surface area (Å²) in [6.07, 6.45) is 33.8. The van der Waals surface area contributed by atoms with Gasteiger partial charge in [-0.1, -0.05) is 150 Å². The molecule has 330 valence electrons. The first-order valence-electron chi connectivity index (χ1n) is 24.2. The van der Waals surface area contributed by atoms with Crippen LogP contribution in [0.25, 0.3) is 0 Å². The lowest BCUT2D eigenvalue weighted by atomic mass is 10.1. The summed E-state index contributed by atoms with van der Waals surface area (Å²) in [4.78, 5) is 24.0. The van der Waals surface area contributed by atoms with Gasteiger partial charge in [0.25, 0.3) is 0 Å². The summed E-state index contributed by atoms with van der Waals surface area (Å²) in [6, 6.07) is 0.482. The standard InChI is InChI=1S/C47H97N3O5/c1-6-10-14-18-20-29-37-50(38-30-21-19-15-11-7-2)55-47(52)33-25-22-28-36-49(40-44-54-45-41-51)46(5)32-24-23-31-42-53-43-39-48(34-26-16-12-8-3)35-27-17-13-9-4/h46,51H,6-45H2,1-5H3. The second-order valence-corrected chi connectivity index (χ2v) is 16.4. The van der Waals surface area contributed by atoms with Gasteiger partial charge >= 0.3 is 5.97 Å². The maximum Gasteiger partial charge on any atom is 0.325 e. The fraction of sp³-hybridized carbons (Fsp3) is 0.979. The Bertz CT molecular complexity index is 732. The third kappa shape index (κ3) is 38.5. The number of carbonyl (C=O) groups excluding carboxylic acids is 1. The zero-order valence-corrected chi connectivity index (χ0v) is 37.8. The maximum absolute atomic E-state index is 12.9. The van der Waals surface area contributed by atoms with E-state index in [-0.39, 0.29) is 12.6 Å². The Kier molecular flexibility index (Phi) is 43.7. The van der Waals surface area contributed by atoms with Crippen LogP contribution in [0.5, 0.6) is 0 Å².